The Labute approximate surface area is 185 Å². The van der Waals surface area contributed by atoms with Gasteiger partial charge in [0.05, 0.1) is 26.3 Å². The highest BCUT2D eigenvalue weighted by atomic mass is 16.6. The molecule has 170 valence electrons. The number of methoxy groups -OCH3 is 2. The largest absolute Gasteiger partial charge is 0.497 e. The van der Waals surface area contributed by atoms with E-state index >= 15 is 0 Å². The standard InChI is InChI=1S/C23H25NO8/c1-14(23(27)24-17-13-16(28-2)5-8-19(17)29-3)32-22(26)9-6-18(25)15-4-7-20-21(12-15)31-11-10-30-20/h4-5,7-8,12-14H,6,9-11H2,1-3H3,(H,24,27). The minimum atomic E-state index is -1.07. The first kappa shape index (κ1) is 22.9. The molecule has 0 bridgehead atoms. The minimum Gasteiger partial charge on any atom is -0.497 e. The van der Waals surface area contributed by atoms with E-state index in [1.807, 2.05) is 0 Å². The molecule has 1 atom stereocenters. The fourth-order valence-corrected chi connectivity index (χ4v) is 3.03. The van der Waals surface area contributed by atoms with E-state index in [1.54, 1.807) is 36.4 Å². The van der Waals surface area contributed by atoms with Crippen LogP contribution in [0, 0.1) is 0 Å². The summed E-state index contributed by atoms with van der Waals surface area (Å²) in [6.07, 6.45) is -1.29. The molecule has 2 aromatic carbocycles. The average Bonchev–Trinajstić information content (AvgIpc) is 2.81. The first-order valence-electron chi connectivity index (χ1n) is 10.1. The van der Waals surface area contributed by atoms with Gasteiger partial charge in [-0.1, -0.05) is 0 Å². The monoisotopic (exact) mass is 443 g/mol. The van der Waals surface area contributed by atoms with Gasteiger partial charge in [-0.3, -0.25) is 14.4 Å². The predicted molar refractivity (Wildman–Crippen MR) is 115 cm³/mol. The maximum Gasteiger partial charge on any atom is 0.307 e. The Bertz CT molecular complexity index is 1000. The van der Waals surface area contributed by atoms with Gasteiger partial charge in [-0.15, -0.1) is 0 Å². The molecule has 0 radical (unpaired) electrons. The highest BCUT2D eigenvalue weighted by Crippen LogP contribution is 2.31. The van der Waals surface area contributed by atoms with E-state index in [-0.39, 0.29) is 18.6 Å². The van der Waals surface area contributed by atoms with Gasteiger partial charge in [-0.25, -0.2) is 0 Å². The van der Waals surface area contributed by atoms with Gasteiger partial charge >= 0.3 is 5.97 Å². The minimum absolute atomic E-state index is 0.0590. The van der Waals surface area contributed by atoms with Crippen molar-refractivity contribution < 1.29 is 38.1 Å². The lowest BCUT2D eigenvalue weighted by Gasteiger charge is -2.18. The molecule has 9 heteroatoms. The van der Waals surface area contributed by atoms with E-state index in [0.29, 0.717) is 47.5 Å². The maximum atomic E-state index is 12.4. The number of nitrogens with one attached hydrogen (secondary N) is 1. The van der Waals surface area contributed by atoms with E-state index in [1.165, 1.54) is 21.1 Å². The van der Waals surface area contributed by atoms with Crippen LogP contribution in [-0.2, 0) is 14.3 Å². The Morgan fingerprint density at radius 3 is 2.44 bits per heavy atom. The molecule has 0 aromatic heterocycles. The third-order valence-electron chi connectivity index (χ3n) is 4.76. The molecule has 1 aliphatic heterocycles. The zero-order valence-corrected chi connectivity index (χ0v) is 18.1. The molecule has 3 rings (SSSR count). The molecule has 0 aliphatic carbocycles. The van der Waals surface area contributed by atoms with Crippen LogP contribution in [0.25, 0.3) is 0 Å². The second-order valence-corrected chi connectivity index (χ2v) is 6.97. The van der Waals surface area contributed by atoms with Crippen LogP contribution >= 0.6 is 0 Å². The zero-order chi connectivity index (χ0) is 23.1. The van der Waals surface area contributed by atoms with Crippen molar-refractivity contribution in [2.24, 2.45) is 0 Å². The molecule has 1 amide bonds. The van der Waals surface area contributed by atoms with E-state index in [2.05, 4.69) is 5.32 Å². The number of carbonyl (C=O) groups excluding carboxylic acids is 3. The van der Waals surface area contributed by atoms with E-state index in [4.69, 9.17) is 23.7 Å². The number of hydrogen-bond acceptors (Lipinski definition) is 8. The van der Waals surface area contributed by atoms with Crippen molar-refractivity contribution in [3.05, 3.63) is 42.0 Å². The van der Waals surface area contributed by atoms with Gasteiger partial charge in [0.25, 0.3) is 5.91 Å². The zero-order valence-electron chi connectivity index (χ0n) is 18.1. The van der Waals surface area contributed by atoms with Crippen LogP contribution in [0.4, 0.5) is 5.69 Å². The van der Waals surface area contributed by atoms with Gasteiger partial charge in [0, 0.05) is 18.1 Å². The lowest BCUT2D eigenvalue weighted by Crippen LogP contribution is -2.30. The Morgan fingerprint density at radius 1 is 0.969 bits per heavy atom. The molecule has 0 saturated carbocycles. The average molecular weight is 443 g/mol. The van der Waals surface area contributed by atoms with Gasteiger partial charge in [-0.2, -0.15) is 0 Å². The Balaban J connectivity index is 1.51. The Kier molecular flexibility index (Phi) is 7.54. The number of hydrogen-bond donors (Lipinski definition) is 1. The number of anilines is 1. The first-order chi connectivity index (χ1) is 15.4. The molecular weight excluding hydrogens is 418 g/mol. The molecule has 32 heavy (non-hydrogen) atoms. The molecule has 9 nitrogen and oxygen atoms in total. The number of Topliss-reactive ketones (excluding diaryl/α,β-unsaturated/α-hetero) is 1. The number of benzene rings is 2. The van der Waals surface area contributed by atoms with Crippen molar-refractivity contribution >= 4 is 23.3 Å². The molecular formula is C23H25NO8. The summed E-state index contributed by atoms with van der Waals surface area (Å²) in [7, 11) is 2.98. The maximum absolute atomic E-state index is 12.4. The number of esters is 1. The number of rotatable bonds is 9. The molecule has 1 unspecified atom stereocenters. The summed E-state index contributed by atoms with van der Waals surface area (Å²) in [5.74, 6) is 0.616. The second kappa shape index (κ2) is 10.5. The van der Waals surface area contributed by atoms with Gasteiger partial charge in [-0.05, 0) is 37.3 Å². The van der Waals surface area contributed by atoms with E-state index in [9.17, 15) is 14.4 Å². The molecule has 0 saturated heterocycles. The SMILES string of the molecule is COc1ccc(OC)c(NC(=O)C(C)OC(=O)CCC(=O)c2ccc3c(c2)OCCO3)c1. The summed E-state index contributed by atoms with van der Waals surface area (Å²) >= 11 is 0. The highest BCUT2D eigenvalue weighted by Gasteiger charge is 2.21. The normalized spacial score (nSPS) is 13.0. The summed E-state index contributed by atoms with van der Waals surface area (Å²) in [5.41, 5.74) is 0.798. The summed E-state index contributed by atoms with van der Waals surface area (Å²) in [4.78, 5) is 37.0. The van der Waals surface area contributed by atoms with Crippen LogP contribution in [-0.4, -0.2) is 51.2 Å². The van der Waals surface area contributed by atoms with Gasteiger partial charge in [0.1, 0.15) is 24.7 Å². The van der Waals surface area contributed by atoms with Crippen molar-refractivity contribution in [2.45, 2.75) is 25.9 Å². The van der Waals surface area contributed by atoms with Crippen molar-refractivity contribution in [2.75, 3.05) is 32.8 Å². The molecule has 1 N–H and O–H groups in total. The number of ketones is 1. The van der Waals surface area contributed by atoms with E-state index < -0.39 is 18.0 Å². The summed E-state index contributed by atoms with van der Waals surface area (Å²) in [6.45, 7) is 2.32. The number of amides is 1. The topological polar surface area (TPSA) is 109 Å². The molecule has 1 heterocycles. The molecule has 0 fully saturated rings. The number of fused-ring (bicyclic) bond motifs is 1. The van der Waals surface area contributed by atoms with Crippen LogP contribution in [0.2, 0.25) is 0 Å². The summed E-state index contributed by atoms with van der Waals surface area (Å²) < 4.78 is 26.4. The van der Waals surface area contributed by atoms with E-state index in [0.717, 1.165) is 0 Å². The summed E-state index contributed by atoms with van der Waals surface area (Å²) in [5, 5.41) is 2.65. The quantitative estimate of drug-likeness (QED) is 0.465. The van der Waals surface area contributed by atoms with Gasteiger partial charge in [0.15, 0.2) is 23.4 Å². The van der Waals surface area contributed by atoms with Crippen LogP contribution in [0.15, 0.2) is 36.4 Å². The van der Waals surface area contributed by atoms with Crippen LogP contribution < -0.4 is 24.3 Å². The van der Waals surface area contributed by atoms with Crippen LogP contribution in [0.1, 0.15) is 30.1 Å². The Morgan fingerprint density at radius 2 is 1.72 bits per heavy atom. The molecule has 0 spiro atoms. The number of carbonyl (C=O) groups is 3. The third kappa shape index (κ3) is 5.69. The first-order valence-corrected chi connectivity index (χ1v) is 10.1. The lowest BCUT2D eigenvalue weighted by atomic mass is 10.1. The Hall–Kier alpha value is -3.75. The van der Waals surface area contributed by atoms with Crippen molar-refractivity contribution in [3.63, 3.8) is 0 Å². The van der Waals surface area contributed by atoms with Crippen molar-refractivity contribution in [1.29, 1.82) is 0 Å². The molecule has 1 aliphatic rings. The smallest absolute Gasteiger partial charge is 0.307 e. The van der Waals surface area contributed by atoms with Crippen molar-refractivity contribution in [3.8, 4) is 23.0 Å². The third-order valence-corrected chi connectivity index (χ3v) is 4.76. The lowest BCUT2D eigenvalue weighted by molar-refractivity contribution is -0.153. The fraction of sp³-hybridized carbons (Fsp3) is 0.348. The highest BCUT2D eigenvalue weighted by molar-refractivity contribution is 5.99. The number of ether oxygens (including phenoxy) is 5. The van der Waals surface area contributed by atoms with Crippen molar-refractivity contribution in [1.82, 2.24) is 0 Å². The molecule has 2 aromatic rings. The fourth-order valence-electron chi connectivity index (χ4n) is 3.03. The second-order valence-electron chi connectivity index (χ2n) is 6.97. The summed E-state index contributed by atoms with van der Waals surface area (Å²) in [6, 6.07) is 9.82. The predicted octanol–water partition coefficient (Wildman–Crippen LogP) is 3.01. The van der Waals surface area contributed by atoms with Gasteiger partial charge in [0.2, 0.25) is 0 Å². The van der Waals surface area contributed by atoms with Crippen LogP contribution in [0.3, 0.4) is 0 Å². The van der Waals surface area contributed by atoms with Gasteiger partial charge < -0.3 is 29.0 Å². The van der Waals surface area contributed by atoms with Crippen LogP contribution in [0.5, 0.6) is 23.0 Å².